The van der Waals surface area contributed by atoms with Crippen LogP contribution in [0.1, 0.15) is 0 Å². The summed E-state index contributed by atoms with van der Waals surface area (Å²) >= 11 is 0. The molecule has 0 aliphatic heterocycles. The minimum atomic E-state index is -0.827. The van der Waals surface area contributed by atoms with Gasteiger partial charge in [0.05, 0.1) is 0 Å². The van der Waals surface area contributed by atoms with Crippen LogP contribution in [-0.4, -0.2) is 9.52 Å². The molecular weight excluding hydrogens is 578 g/mol. The highest BCUT2D eigenvalue weighted by molar-refractivity contribution is 7.69. The lowest BCUT2D eigenvalue weighted by Gasteiger charge is -2.19. The molecule has 0 aliphatic carbocycles. The molecular formula is C38H38O2P2Si. The molecule has 0 aromatic heterocycles. The molecule has 5 heteroatoms. The number of benzene rings is 6. The second-order valence-electron chi connectivity index (χ2n) is 9.45. The zero-order chi connectivity index (χ0) is 30.0. The predicted octanol–water partition coefficient (Wildman–Crippen LogP) is 8.48. The average Bonchev–Trinajstić information content (AvgIpc) is 3.09. The quantitative estimate of drug-likeness (QED) is 0.126. The van der Waals surface area contributed by atoms with Crippen LogP contribution >= 0.6 is 16.3 Å². The van der Waals surface area contributed by atoms with E-state index in [1.165, 1.54) is 21.2 Å². The summed E-state index contributed by atoms with van der Waals surface area (Å²) in [7, 11) is -1.24. The molecule has 0 fully saturated rings. The molecule has 0 saturated heterocycles. The first-order valence-electron chi connectivity index (χ1n) is 14.5. The van der Waals surface area contributed by atoms with E-state index in [0.29, 0.717) is 9.52 Å². The van der Waals surface area contributed by atoms with Gasteiger partial charge in [-0.15, -0.1) is 0 Å². The van der Waals surface area contributed by atoms with E-state index in [-0.39, 0.29) is 0 Å². The van der Waals surface area contributed by atoms with Crippen LogP contribution in [0.4, 0.5) is 0 Å². The molecule has 0 saturated carbocycles. The Balaban J connectivity index is 0.000000181. The molecule has 43 heavy (non-hydrogen) atoms. The third kappa shape index (κ3) is 10.6. The van der Waals surface area contributed by atoms with E-state index >= 15 is 0 Å². The lowest BCUT2D eigenvalue weighted by Crippen LogP contribution is -2.15. The van der Waals surface area contributed by atoms with Gasteiger partial charge in [0.25, 0.3) is 0 Å². The summed E-state index contributed by atoms with van der Waals surface area (Å²) in [6.07, 6.45) is 0. The molecule has 6 aromatic rings. The highest BCUT2D eigenvalue weighted by atomic mass is 31.1. The van der Waals surface area contributed by atoms with E-state index in [4.69, 9.17) is 9.05 Å². The van der Waals surface area contributed by atoms with Crippen LogP contribution < -0.4 is 30.3 Å². The van der Waals surface area contributed by atoms with Gasteiger partial charge in [0.15, 0.2) is 16.3 Å². The van der Waals surface area contributed by atoms with Gasteiger partial charge in [0.2, 0.25) is 0 Å². The van der Waals surface area contributed by atoms with Crippen LogP contribution in [0.15, 0.2) is 182 Å². The van der Waals surface area contributed by atoms with Crippen LogP contribution in [0.3, 0.4) is 0 Å². The fraction of sp³-hybridized carbons (Fsp3) is 0.0526. The van der Waals surface area contributed by atoms with Crippen molar-refractivity contribution in [2.75, 3.05) is 0 Å². The van der Waals surface area contributed by atoms with Gasteiger partial charge in [-0.2, -0.15) is 0 Å². The van der Waals surface area contributed by atoms with E-state index in [2.05, 4.69) is 110 Å². The van der Waals surface area contributed by atoms with Gasteiger partial charge in [-0.3, -0.25) is 0 Å². The van der Waals surface area contributed by atoms with Crippen molar-refractivity contribution in [3.63, 3.8) is 0 Å². The molecule has 216 valence electrons. The SMILES string of the molecule is C[SiH2]C.c1ccc(OP(c2ccccc2)c2ccccc2)cc1.c1ccc(OP(c2ccccc2)c2ccccc2)cc1. The Labute approximate surface area is 261 Å². The number of para-hydroxylation sites is 2. The number of hydrogen-bond acceptors (Lipinski definition) is 2. The molecule has 0 amide bonds. The lowest BCUT2D eigenvalue weighted by atomic mass is 10.3. The van der Waals surface area contributed by atoms with Crippen molar-refractivity contribution < 1.29 is 9.05 Å². The van der Waals surface area contributed by atoms with E-state index in [9.17, 15) is 0 Å². The van der Waals surface area contributed by atoms with Gasteiger partial charge < -0.3 is 9.05 Å². The molecule has 0 aliphatic rings. The molecule has 0 radical (unpaired) electrons. The molecule has 0 spiro atoms. The van der Waals surface area contributed by atoms with Gasteiger partial charge in [-0.05, 0) is 24.3 Å². The molecule has 0 unspecified atom stereocenters. The van der Waals surface area contributed by atoms with Crippen molar-refractivity contribution in [1.82, 2.24) is 0 Å². The van der Waals surface area contributed by atoms with Crippen molar-refractivity contribution in [2.45, 2.75) is 13.1 Å². The molecule has 6 rings (SSSR count). The summed E-state index contributed by atoms with van der Waals surface area (Å²) in [4.78, 5) is 0. The van der Waals surface area contributed by atoms with Crippen molar-refractivity contribution in [3.8, 4) is 11.5 Å². The largest absolute Gasteiger partial charge is 0.464 e. The highest BCUT2D eigenvalue weighted by Gasteiger charge is 2.17. The summed E-state index contributed by atoms with van der Waals surface area (Å²) in [5.41, 5.74) is 0. The van der Waals surface area contributed by atoms with E-state index in [1.54, 1.807) is 0 Å². The Morgan fingerprint density at radius 3 is 0.721 bits per heavy atom. The summed E-state index contributed by atoms with van der Waals surface area (Å²) < 4.78 is 12.5. The van der Waals surface area contributed by atoms with Gasteiger partial charge in [-0.25, -0.2) is 0 Å². The standard InChI is InChI=1S/2C18H15OP.C2H8Si/c2*1-4-10-16(11-5-1)19-20(17-12-6-2-7-13-17)18-14-8-3-9-15-18;1-3-2/h2*1-15H;3H2,1-2H3. The summed E-state index contributed by atoms with van der Waals surface area (Å²) in [5.74, 6) is 1.82. The Hall–Kier alpha value is -4.00. The molecule has 0 bridgehead atoms. The van der Waals surface area contributed by atoms with E-state index in [1.807, 2.05) is 84.9 Å². The Morgan fingerprint density at radius 2 is 0.512 bits per heavy atom. The van der Waals surface area contributed by atoms with Crippen LogP contribution in [-0.2, 0) is 0 Å². The summed E-state index contributed by atoms with van der Waals surface area (Å²) in [5, 5.41) is 4.88. The van der Waals surface area contributed by atoms with Crippen molar-refractivity contribution >= 4 is 47.0 Å². The third-order valence-corrected chi connectivity index (χ3v) is 9.70. The molecule has 2 nitrogen and oxygen atoms in total. The maximum absolute atomic E-state index is 6.25. The maximum Gasteiger partial charge on any atom is 0.150 e. The van der Waals surface area contributed by atoms with Crippen molar-refractivity contribution in [3.05, 3.63) is 182 Å². The minimum absolute atomic E-state index is 0.417. The molecule has 0 N–H and O–H groups in total. The Bertz CT molecular complexity index is 1340. The molecule has 0 heterocycles. The smallest absolute Gasteiger partial charge is 0.150 e. The lowest BCUT2D eigenvalue weighted by molar-refractivity contribution is 0.629. The number of rotatable bonds is 8. The fourth-order valence-electron chi connectivity index (χ4n) is 3.94. The first-order chi connectivity index (χ1) is 21.3. The van der Waals surface area contributed by atoms with E-state index < -0.39 is 16.3 Å². The van der Waals surface area contributed by atoms with Gasteiger partial charge >= 0.3 is 0 Å². The topological polar surface area (TPSA) is 18.5 Å². The highest BCUT2D eigenvalue weighted by Crippen LogP contribution is 2.37. The second-order valence-corrected chi connectivity index (χ2v) is 14.5. The van der Waals surface area contributed by atoms with Crippen LogP contribution in [0.2, 0.25) is 13.1 Å². The molecule has 0 atom stereocenters. The first kappa shape index (κ1) is 31.9. The zero-order valence-electron chi connectivity index (χ0n) is 24.7. The normalized spacial score (nSPS) is 10.1. The average molecular weight is 617 g/mol. The second kappa shape index (κ2) is 18.5. The third-order valence-electron chi connectivity index (χ3n) is 5.84. The Kier molecular flexibility index (Phi) is 13.7. The van der Waals surface area contributed by atoms with Gasteiger partial charge in [0, 0.05) is 30.7 Å². The fourth-order valence-corrected chi connectivity index (χ4v) is 7.39. The van der Waals surface area contributed by atoms with Crippen molar-refractivity contribution in [2.24, 2.45) is 0 Å². The summed E-state index contributed by atoms with van der Waals surface area (Å²) in [6.45, 7) is 4.53. The van der Waals surface area contributed by atoms with Gasteiger partial charge in [-0.1, -0.05) is 171 Å². The molecule has 6 aromatic carbocycles. The van der Waals surface area contributed by atoms with E-state index in [0.717, 1.165) is 11.5 Å². The van der Waals surface area contributed by atoms with Gasteiger partial charge in [0.1, 0.15) is 11.5 Å². The summed E-state index contributed by atoms with van der Waals surface area (Å²) in [6, 6.07) is 61.6. The monoisotopic (exact) mass is 616 g/mol. The minimum Gasteiger partial charge on any atom is -0.464 e. The number of hydrogen-bond donors (Lipinski definition) is 0. The van der Waals surface area contributed by atoms with Crippen molar-refractivity contribution in [1.29, 1.82) is 0 Å². The zero-order valence-corrected chi connectivity index (χ0v) is 27.9. The van der Waals surface area contributed by atoms with Crippen LogP contribution in [0.5, 0.6) is 11.5 Å². The predicted molar refractivity (Wildman–Crippen MR) is 193 cm³/mol. The maximum atomic E-state index is 6.25. The Morgan fingerprint density at radius 1 is 0.326 bits per heavy atom. The first-order valence-corrected chi connectivity index (χ1v) is 19.9. The van der Waals surface area contributed by atoms with Crippen LogP contribution in [0.25, 0.3) is 0 Å². The van der Waals surface area contributed by atoms with Crippen LogP contribution in [0, 0.1) is 0 Å².